The van der Waals surface area contributed by atoms with Crippen LogP contribution in [0.3, 0.4) is 0 Å². The van der Waals surface area contributed by atoms with E-state index in [0.29, 0.717) is 12.2 Å². The van der Waals surface area contributed by atoms with Crippen LogP contribution in [0.15, 0.2) is 17.4 Å². The fraction of sp³-hybridized carbons (Fsp3) is 0.500. The maximum absolute atomic E-state index is 11.8. The second kappa shape index (κ2) is 7.72. The summed E-state index contributed by atoms with van der Waals surface area (Å²) in [6.45, 7) is 3.97. The lowest BCUT2D eigenvalue weighted by atomic mass is 10.2. The average molecular weight is 325 g/mol. The molecule has 0 fully saturated rings. The molecule has 0 aromatic carbocycles. The number of aryl methyl sites for hydroxylation is 1. The number of aliphatic hydroxyl groups excluding tert-OH is 1. The Labute approximate surface area is 132 Å². The van der Waals surface area contributed by atoms with Crippen LogP contribution in [0.1, 0.15) is 24.6 Å². The van der Waals surface area contributed by atoms with Crippen LogP contribution in [0.5, 0.6) is 0 Å². The van der Waals surface area contributed by atoms with E-state index in [0.717, 1.165) is 21.7 Å². The van der Waals surface area contributed by atoms with Crippen molar-refractivity contribution in [2.75, 3.05) is 12.4 Å². The molecule has 7 heteroatoms. The lowest BCUT2D eigenvalue weighted by Crippen LogP contribution is -2.37. The van der Waals surface area contributed by atoms with Gasteiger partial charge in [0, 0.05) is 22.4 Å². The van der Waals surface area contributed by atoms with Crippen molar-refractivity contribution in [3.63, 3.8) is 0 Å². The van der Waals surface area contributed by atoms with Gasteiger partial charge in [0.05, 0.1) is 12.6 Å². The Morgan fingerprint density at radius 2 is 2.33 bits per heavy atom. The van der Waals surface area contributed by atoms with Gasteiger partial charge in [-0.1, -0.05) is 6.92 Å². The molecule has 114 valence electrons. The SMILES string of the molecule is CCC(CO)NC(=O)CCSc1ncnc2sc(C)cc12. The van der Waals surface area contributed by atoms with Gasteiger partial charge in [-0.3, -0.25) is 4.79 Å². The molecule has 21 heavy (non-hydrogen) atoms. The van der Waals surface area contributed by atoms with Crippen LogP contribution in [0.2, 0.25) is 0 Å². The third kappa shape index (κ3) is 4.39. The number of nitrogens with one attached hydrogen (secondary N) is 1. The first-order valence-corrected chi connectivity index (χ1v) is 8.68. The first-order valence-electron chi connectivity index (χ1n) is 6.88. The number of thiophene rings is 1. The number of amides is 1. The summed E-state index contributed by atoms with van der Waals surface area (Å²) in [7, 11) is 0. The summed E-state index contributed by atoms with van der Waals surface area (Å²) in [6, 6.07) is 1.94. The molecule has 1 amide bonds. The highest BCUT2D eigenvalue weighted by Crippen LogP contribution is 2.30. The third-order valence-corrected chi connectivity index (χ3v) is 5.03. The quantitative estimate of drug-likeness (QED) is 0.604. The van der Waals surface area contributed by atoms with Crippen molar-refractivity contribution < 1.29 is 9.90 Å². The minimum Gasteiger partial charge on any atom is -0.394 e. The summed E-state index contributed by atoms with van der Waals surface area (Å²) < 4.78 is 0. The molecule has 2 heterocycles. The van der Waals surface area contributed by atoms with Crippen molar-refractivity contribution in [2.45, 2.75) is 37.8 Å². The van der Waals surface area contributed by atoms with E-state index in [9.17, 15) is 4.79 Å². The number of hydrogen-bond acceptors (Lipinski definition) is 6. The number of carbonyl (C=O) groups is 1. The standard InChI is InChI=1S/C14H19N3O2S2/c1-3-10(7-18)17-12(19)4-5-20-13-11-6-9(2)21-14(11)16-8-15-13/h6,8,10,18H,3-5,7H2,1-2H3,(H,17,19). The molecule has 0 spiro atoms. The molecule has 0 radical (unpaired) electrons. The van der Waals surface area contributed by atoms with Gasteiger partial charge < -0.3 is 10.4 Å². The topological polar surface area (TPSA) is 75.1 Å². The number of aromatic nitrogens is 2. The van der Waals surface area contributed by atoms with Gasteiger partial charge in [-0.15, -0.1) is 23.1 Å². The summed E-state index contributed by atoms with van der Waals surface area (Å²) in [6.07, 6.45) is 2.71. The van der Waals surface area contributed by atoms with Gasteiger partial charge >= 0.3 is 0 Å². The van der Waals surface area contributed by atoms with E-state index in [1.807, 2.05) is 13.8 Å². The van der Waals surface area contributed by atoms with Gasteiger partial charge in [-0.05, 0) is 19.4 Å². The van der Waals surface area contributed by atoms with Crippen molar-refractivity contribution >= 4 is 39.2 Å². The summed E-state index contributed by atoms with van der Waals surface area (Å²) in [5, 5.41) is 13.9. The van der Waals surface area contributed by atoms with E-state index in [4.69, 9.17) is 5.11 Å². The fourth-order valence-corrected chi connectivity index (χ4v) is 3.71. The predicted octanol–water partition coefficient (Wildman–Crippen LogP) is 2.37. The third-order valence-electron chi connectivity index (χ3n) is 3.06. The fourth-order valence-electron chi connectivity index (χ4n) is 1.89. The molecular weight excluding hydrogens is 306 g/mol. The van der Waals surface area contributed by atoms with Crippen molar-refractivity contribution in [3.05, 3.63) is 17.3 Å². The van der Waals surface area contributed by atoms with E-state index in [1.165, 1.54) is 4.88 Å². The Kier molecular flexibility index (Phi) is 5.96. The Balaban J connectivity index is 1.89. The zero-order valence-corrected chi connectivity index (χ0v) is 13.8. The number of thioether (sulfide) groups is 1. The van der Waals surface area contributed by atoms with Gasteiger partial charge in [-0.25, -0.2) is 9.97 Å². The highest BCUT2D eigenvalue weighted by molar-refractivity contribution is 7.99. The summed E-state index contributed by atoms with van der Waals surface area (Å²) in [4.78, 5) is 22.5. The average Bonchev–Trinajstić information content (AvgIpc) is 2.86. The minimum atomic E-state index is -0.146. The number of carbonyl (C=O) groups excluding carboxylic acids is 1. The van der Waals surface area contributed by atoms with E-state index in [-0.39, 0.29) is 18.6 Å². The normalized spacial score (nSPS) is 12.5. The second-order valence-electron chi connectivity index (χ2n) is 4.71. The Bertz CT molecular complexity index is 611. The molecular formula is C14H19N3O2S2. The van der Waals surface area contributed by atoms with Gasteiger partial charge in [-0.2, -0.15) is 0 Å². The summed E-state index contributed by atoms with van der Waals surface area (Å²) in [5.41, 5.74) is 0. The van der Waals surface area contributed by atoms with E-state index in [2.05, 4.69) is 21.4 Å². The van der Waals surface area contributed by atoms with Gasteiger partial charge in [0.15, 0.2) is 0 Å². The molecule has 0 aliphatic rings. The molecule has 1 unspecified atom stereocenters. The first-order chi connectivity index (χ1) is 10.1. The molecule has 5 nitrogen and oxygen atoms in total. The summed E-state index contributed by atoms with van der Waals surface area (Å²) in [5.74, 6) is 0.629. The lowest BCUT2D eigenvalue weighted by Gasteiger charge is -2.13. The Morgan fingerprint density at radius 3 is 3.05 bits per heavy atom. The van der Waals surface area contributed by atoms with Crippen LogP contribution in [0, 0.1) is 6.92 Å². The largest absolute Gasteiger partial charge is 0.394 e. The Morgan fingerprint density at radius 1 is 1.52 bits per heavy atom. The predicted molar refractivity (Wildman–Crippen MR) is 86.8 cm³/mol. The smallest absolute Gasteiger partial charge is 0.221 e. The zero-order chi connectivity index (χ0) is 15.2. The Hall–Kier alpha value is -1.18. The highest BCUT2D eigenvalue weighted by Gasteiger charge is 2.11. The monoisotopic (exact) mass is 325 g/mol. The molecule has 2 rings (SSSR count). The molecule has 2 aromatic heterocycles. The molecule has 1 atom stereocenters. The summed E-state index contributed by atoms with van der Waals surface area (Å²) >= 11 is 3.22. The van der Waals surface area contributed by atoms with Crippen molar-refractivity contribution in [1.82, 2.24) is 15.3 Å². The van der Waals surface area contributed by atoms with E-state index in [1.54, 1.807) is 29.4 Å². The van der Waals surface area contributed by atoms with Gasteiger partial charge in [0.25, 0.3) is 0 Å². The second-order valence-corrected chi connectivity index (χ2v) is 7.03. The van der Waals surface area contributed by atoms with Crippen LogP contribution in [-0.2, 0) is 4.79 Å². The highest BCUT2D eigenvalue weighted by atomic mass is 32.2. The van der Waals surface area contributed by atoms with Gasteiger partial charge in [0.2, 0.25) is 5.91 Å². The number of nitrogens with zero attached hydrogens (tertiary/aromatic N) is 2. The maximum atomic E-state index is 11.8. The molecule has 0 saturated carbocycles. The molecule has 2 N–H and O–H groups in total. The van der Waals surface area contributed by atoms with Crippen molar-refractivity contribution in [3.8, 4) is 0 Å². The minimum absolute atomic E-state index is 0.0178. The van der Waals surface area contributed by atoms with E-state index >= 15 is 0 Å². The van der Waals surface area contributed by atoms with Crippen LogP contribution in [0.25, 0.3) is 10.2 Å². The molecule has 0 bridgehead atoms. The molecule has 0 saturated heterocycles. The van der Waals surface area contributed by atoms with Crippen molar-refractivity contribution in [1.29, 1.82) is 0 Å². The van der Waals surface area contributed by atoms with Crippen molar-refractivity contribution in [2.24, 2.45) is 0 Å². The number of fused-ring (bicyclic) bond motifs is 1. The van der Waals surface area contributed by atoms with Crippen LogP contribution < -0.4 is 5.32 Å². The number of hydrogen-bond donors (Lipinski definition) is 2. The molecule has 0 aliphatic carbocycles. The molecule has 2 aromatic rings. The number of rotatable bonds is 7. The number of aliphatic hydroxyl groups is 1. The van der Waals surface area contributed by atoms with Gasteiger partial charge in [0.1, 0.15) is 16.2 Å². The maximum Gasteiger partial charge on any atom is 0.221 e. The zero-order valence-electron chi connectivity index (χ0n) is 12.1. The van der Waals surface area contributed by atoms with Crippen LogP contribution in [0.4, 0.5) is 0 Å². The first kappa shape index (κ1) is 16.2. The van der Waals surface area contributed by atoms with Crippen LogP contribution >= 0.6 is 23.1 Å². The van der Waals surface area contributed by atoms with E-state index < -0.39 is 0 Å². The lowest BCUT2D eigenvalue weighted by molar-refractivity contribution is -0.121. The van der Waals surface area contributed by atoms with Crippen LogP contribution in [-0.4, -0.2) is 39.4 Å². The molecule has 0 aliphatic heterocycles.